The number of anilines is 1. The van der Waals surface area contributed by atoms with E-state index in [0.29, 0.717) is 12.2 Å². The number of halogens is 1. The van der Waals surface area contributed by atoms with Crippen molar-refractivity contribution in [3.05, 3.63) is 77.6 Å². The van der Waals surface area contributed by atoms with Crippen LogP contribution in [0.2, 0.25) is 0 Å². The molecule has 0 bridgehead atoms. The van der Waals surface area contributed by atoms with Crippen molar-refractivity contribution in [1.82, 2.24) is 14.6 Å². The number of rotatable bonds is 4. The molecule has 1 saturated heterocycles. The lowest BCUT2D eigenvalue weighted by atomic mass is 9.99. The number of aliphatic imine (C=N–C) groups is 1. The Morgan fingerprint density at radius 2 is 1.97 bits per heavy atom. The van der Waals surface area contributed by atoms with Crippen molar-refractivity contribution in [2.75, 3.05) is 18.7 Å². The summed E-state index contributed by atoms with van der Waals surface area (Å²) in [5.74, 6) is 1.05. The van der Waals surface area contributed by atoms with Crippen LogP contribution in [0.3, 0.4) is 0 Å². The SMILES string of the molecule is COc1cc(C=C2CCCN3C2=NC(C)C(=O)N3c2ccc(F)cc2)ccc1-n1cnc(C)c1. The van der Waals surface area contributed by atoms with E-state index in [9.17, 15) is 9.18 Å². The van der Waals surface area contributed by atoms with Crippen LogP contribution < -0.4 is 9.75 Å². The molecule has 0 saturated carbocycles. The maximum Gasteiger partial charge on any atom is 0.270 e. The van der Waals surface area contributed by atoms with Crippen molar-refractivity contribution in [2.24, 2.45) is 4.99 Å². The van der Waals surface area contributed by atoms with E-state index in [1.165, 1.54) is 12.1 Å². The van der Waals surface area contributed by atoms with Crippen molar-refractivity contribution >= 4 is 23.5 Å². The van der Waals surface area contributed by atoms with Gasteiger partial charge in [0.05, 0.1) is 30.5 Å². The zero-order chi connectivity index (χ0) is 23.8. The minimum atomic E-state index is -0.529. The van der Waals surface area contributed by atoms with Crippen LogP contribution in [0.25, 0.3) is 11.8 Å². The maximum atomic E-state index is 13.5. The summed E-state index contributed by atoms with van der Waals surface area (Å²) in [6.45, 7) is 4.40. The molecule has 2 aliphatic heterocycles. The highest BCUT2D eigenvalue weighted by Crippen LogP contribution is 2.32. The Labute approximate surface area is 197 Å². The summed E-state index contributed by atoms with van der Waals surface area (Å²) in [6.07, 6.45) is 7.53. The van der Waals surface area contributed by atoms with Gasteiger partial charge in [0.2, 0.25) is 0 Å². The number of benzene rings is 2. The van der Waals surface area contributed by atoms with E-state index in [2.05, 4.69) is 11.1 Å². The Morgan fingerprint density at radius 3 is 2.68 bits per heavy atom. The van der Waals surface area contributed by atoms with Crippen LogP contribution in [-0.4, -0.2) is 46.0 Å². The molecule has 174 valence electrons. The monoisotopic (exact) mass is 459 g/mol. The number of ether oxygens (including phenoxy) is 1. The Balaban J connectivity index is 1.51. The molecule has 0 spiro atoms. The van der Waals surface area contributed by atoms with Gasteiger partial charge in [-0.05, 0) is 80.3 Å². The first-order valence-electron chi connectivity index (χ1n) is 11.3. The standard InChI is InChI=1S/C26H26FN5O2/c1-17-15-30(16-28-17)23-11-6-19(14-24(23)34-3)13-20-5-4-12-31-25(20)29-18(2)26(33)32(31)22-9-7-21(27)8-10-22/h6-11,13-16,18H,4-5,12H2,1-3H3. The lowest BCUT2D eigenvalue weighted by Crippen LogP contribution is -2.58. The average Bonchev–Trinajstić information content (AvgIpc) is 3.27. The summed E-state index contributed by atoms with van der Waals surface area (Å²) in [5, 5.41) is 3.54. The number of aryl methyl sites for hydroxylation is 1. The van der Waals surface area contributed by atoms with E-state index in [-0.39, 0.29) is 11.7 Å². The number of piperidine rings is 1. The first-order valence-corrected chi connectivity index (χ1v) is 11.3. The van der Waals surface area contributed by atoms with Gasteiger partial charge in [-0.25, -0.2) is 14.4 Å². The van der Waals surface area contributed by atoms with E-state index < -0.39 is 6.04 Å². The van der Waals surface area contributed by atoms with Crippen molar-refractivity contribution in [3.8, 4) is 11.4 Å². The molecule has 1 fully saturated rings. The molecule has 1 unspecified atom stereocenters. The molecule has 5 rings (SSSR count). The molecule has 0 radical (unpaired) electrons. The minimum Gasteiger partial charge on any atom is -0.495 e. The third-order valence-corrected chi connectivity index (χ3v) is 6.08. The summed E-state index contributed by atoms with van der Waals surface area (Å²) < 4.78 is 21.1. The number of nitrogens with zero attached hydrogens (tertiary/aromatic N) is 5. The van der Waals surface area contributed by atoms with Gasteiger partial charge in [-0.3, -0.25) is 14.8 Å². The second-order valence-electron chi connectivity index (χ2n) is 8.51. The fraction of sp³-hybridized carbons (Fsp3) is 0.269. The minimum absolute atomic E-state index is 0.127. The summed E-state index contributed by atoms with van der Waals surface area (Å²) in [7, 11) is 1.65. The number of hydrazine groups is 1. The number of carbonyl (C=O) groups is 1. The van der Waals surface area contributed by atoms with Crippen LogP contribution in [0, 0.1) is 12.7 Å². The first kappa shape index (κ1) is 21.9. The summed E-state index contributed by atoms with van der Waals surface area (Å²) >= 11 is 0. The van der Waals surface area contributed by atoms with Gasteiger partial charge in [0.25, 0.3) is 5.91 Å². The number of carbonyl (C=O) groups excluding carboxylic acids is 1. The number of amides is 1. The fourth-order valence-electron chi connectivity index (χ4n) is 4.42. The predicted molar refractivity (Wildman–Crippen MR) is 130 cm³/mol. The first-order chi connectivity index (χ1) is 16.4. The van der Waals surface area contributed by atoms with Crippen LogP contribution >= 0.6 is 0 Å². The molecule has 3 aromatic rings. The Bertz CT molecular complexity index is 1290. The van der Waals surface area contributed by atoms with Crippen LogP contribution in [0.15, 0.2) is 65.6 Å². The van der Waals surface area contributed by atoms with E-state index in [4.69, 9.17) is 9.73 Å². The van der Waals surface area contributed by atoms with Crippen LogP contribution in [0.5, 0.6) is 5.75 Å². The third kappa shape index (κ3) is 3.96. The van der Waals surface area contributed by atoms with Crippen molar-refractivity contribution in [2.45, 2.75) is 32.7 Å². The number of fused-ring (bicyclic) bond motifs is 1. The molecule has 1 atom stereocenters. The Kier molecular flexibility index (Phi) is 5.65. The summed E-state index contributed by atoms with van der Waals surface area (Å²) in [4.78, 5) is 22.1. The normalized spacial score (nSPS) is 19.3. The number of methoxy groups -OCH3 is 1. The number of hydrogen-bond acceptors (Lipinski definition) is 5. The van der Waals surface area contributed by atoms with Gasteiger partial charge in [-0.2, -0.15) is 0 Å². The van der Waals surface area contributed by atoms with Crippen molar-refractivity contribution in [1.29, 1.82) is 0 Å². The van der Waals surface area contributed by atoms with Gasteiger partial charge in [0.15, 0.2) is 0 Å². The van der Waals surface area contributed by atoms with Gasteiger partial charge in [0.1, 0.15) is 23.4 Å². The van der Waals surface area contributed by atoms with Crippen LogP contribution in [0.4, 0.5) is 10.1 Å². The molecule has 8 heteroatoms. The van der Waals surface area contributed by atoms with Gasteiger partial charge in [-0.15, -0.1) is 0 Å². The molecule has 2 aromatic carbocycles. The fourth-order valence-corrected chi connectivity index (χ4v) is 4.42. The van der Waals surface area contributed by atoms with Crippen molar-refractivity contribution in [3.63, 3.8) is 0 Å². The molecule has 2 aliphatic rings. The molecular formula is C26H26FN5O2. The molecule has 7 nitrogen and oxygen atoms in total. The zero-order valence-corrected chi connectivity index (χ0v) is 19.4. The zero-order valence-electron chi connectivity index (χ0n) is 19.4. The predicted octanol–water partition coefficient (Wildman–Crippen LogP) is 4.56. The molecule has 3 heterocycles. The molecular weight excluding hydrogens is 433 g/mol. The van der Waals surface area contributed by atoms with E-state index in [0.717, 1.165) is 46.9 Å². The van der Waals surface area contributed by atoms with Gasteiger partial charge < -0.3 is 9.30 Å². The second-order valence-corrected chi connectivity index (χ2v) is 8.51. The van der Waals surface area contributed by atoms with Crippen molar-refractivity contribution < 1.29 is 13.9 Å². The molecule has 0 aliphatic carbocycles. The highest BCUT2D eigenvalue weighted by atomic mass is 19.1. The quantitative estimate of drug-likeness (QED) is 0.574. The Hall–Kier alpha value is -3.94. The molecule has 1 amide bonds. The molecule has 0 N–H and O–H groups in total. The number of imidazole rings is 1. The van der Waals surface area contributed by atoms with E-state index >= 15 is 0 Å². The topological polar surface area (TPSA) is 63.0 Å². The molecule has 34 heavy (non-hydrogen) atoms. The van der Waals surface area contributed by atoms with Gasteiger partial charge >= 0.3 is 0 Å². The van der Waals surface area contributed by atoms with E-state index in [1.807, 2.05) is 40.9 Å². The summed E-state index contributed by atoms with van der Waals surface area (Å²) in [5.41, 5.74) is 4.50. The summed E-state index contributed by atoms with van der Waals surface area (Å²) in [6, 6.07) is 11.5. The average molecular weight is 460 g/mol. The number of hydrogen-bond donors (Lipinski definition) is 0. The van der Waals surface area contributed by atoms with Crippen LogP contribution in [-0.2, 0) is 4.79 Å². The van der Waals surface area contributed by atoms with E-state index in [1.54, 1.807) is 37.5 Å². The Morgan fingerprint density at radius 1 is 1.18 bits per heavy atom. The second kappa shape index (κ2) is 8.78. The highest BCUT2D eigenvalue weighted by molar-refractivity contribution is 6.11. The van der Waals surface area contributed by atoms with Gasteiger partial charge in [0, 0.05) is 12.7 Å². The smallest absolute Gasteiger partial charge is 0.270 e. The number of amidine groups is 1. The van der Waals surface area contributed by atoms with Gasteiger partial charge in [-0.1, -0.05) is 6.07 Å². The largest absolute Gasteiger partial charge is 0.495 e. The maximum absolute atomic E-state index is 13.5. The lowest BCUT2D eigenvalue weighted by molar-refractivity contribution is -0.122. The highest BCUT2D eigenvalue weighted by Gasteiger charge is 2.37. The number of aromatic nitrogens is 2. The van der Waals surface area contributed by atoms with Crippen LogP contribution in [0.1, 0.15) is 31.0 Å². The lowest BCUT2D eigenvalue weighted by Gasteiger charge is -2.44. The third-order valence-electron chi connectivity index (χ3n) is 6.08. The molecule has 1 aromatic heterocycles.